The van der Waals surface area contributed by atoms with E-state index < -0.39 is 0 Å². The Morgan fingerprint density at radius 1 is 1.47 bits per heavy atom. The minimum absolute atomic E-state index is 0.0178. The molecule has 1 heterocycles. The minimum Gasteiger partial charge on any atom is -0.378 e. The van der Waals surface area contributed by atoms with Crippen LogP contribution in [0, 0.1) is 0 Å². The van der Waals surface area contributed by atoms with E-state index in [-0.39, 0.29) is 18.1 Å². The predicted octanol–water partition coefficient (Wildman–Crippen LogP) is 2.60. The maximum Gasteiger partial charge on any atom is 0.224 e. The first-order valence-corrected chi connectivity index (χ1v) is 6.92. The molecule has 1 aliphatic rings. The number of carbonyl (C=O) groups excluding carboxylic acids is 1. The molecule has 0 aromatic heterocycles. The van der Waals surface area contributed by atoms with Crippen LogP contribution in [-0.4, -0.2) is 18.6 Å². The SMILES string of the molecule is CC(N)c1ccc(NC(=O)CCC2CCCO2)cc1. The van der Waals surface area contributed by atoms with Crippen molar-refractivity contribution in [1.82, 2.24) is 0 Å². The molecule has 2 rings (SSSR count). The van der Waals surface area contributed by atoms with E-state index >= 15 is 0 Å². The molecule has 4 heteroatoms. The monoisotopic (exact) mass is 262 g/mol. The molecule has 2 atom stereocenters. The number of hydrogen-bond donors (Lipinski definition) is 2. The fourth-order valence-corrected chi connectivity index (χ4v) is 2.26. The quantitative estimate of drug-likeness (QED) is 0.857. The maximum atomic E-state index is 11.8. The Morgan fingerprint density at radius 3 is 2.79 bits per heavy atom. The third-order valence-electron chi connectivity index (χ3n) is 3.44. The molecule has 0 saturated carbocycles. The van der Waals surface area contributed by atoms with Crippen molar-refractivity contribution in [2.24, 2.45) is 5.73 Å². The molecule has 1 saturated heterocycles. The van der Waals surface area contributed by atoms with Crippen molar-refractivity contribution in [3.8, 4) is 0 Å². The summed E-state index contributed by atoms with van der Waals surface area (Å²) in [5.41, 5.74) is 7.67. The molecule has 1 fully saturated rings. The first-order valence-electron chi connectivity index (χ1n) is 6.92. The van der Waals surface area contributed by atoms with Crippen molar-refractivity contribution in [3.63, 3.8) is 0 Å². The Balaban J connectivity index is 1.77. The van der Waals surface area contributed by atoms with Gasteiger partial charge >= 0.3 is 0 Å². The van der Waals surface area contributed by atoms with Gasteiger partial charge < -0.3 is 15.8 Å². The van der Waals surface area contributed by atoms with Crippen LogP contribution in [0.5, 0.6) is 0 Å². The number of ether oxygens (including phenoxy) is 1. The number of anilines is 1. The van der Waals surface area contributed by atoms with Crippen molar-refractivity contribution in [1.29, 1.82) is 0 Å². The summed E-state index contributed by atoms with van der Waals surface area (Å²) in [4.78, 5) is 11.8. The van der Waals surface area contributed by atoms with E-state index in [1.807, 2.05) is 31.2 Å². The van der Waals surface area contributed by atoms with Gasteiger partial charge in [0, 0.05) is 24.8 Å². The second-order valence-electron chi connectivity index (χ2n) is 5.13. The van der Waals surface area contributed by atoms with Crippen molar-refractivity contribution in [2.75, 3.05) is 11.9 Å². The summed E-state index contributed by atoms with van der Waals surface area (Å²) < 4.78 is 5.50. The zero-order valence-corrected chi connectivity index (χ0v) is 11.4. The zero-order chi connectivity index (χ0) is 13.7. The zero-order valence-electron chi connectivity index (χ0n) is 11.4. The second kappa shape index (κ2) is 6.68. The lowest BCUT2D eigenvalue weighted by Crippen LogP contribution is -2.15. The normalized spacial score (nSPS) is 20.2. The number of carbonyl (C=O) groups is 1. The molecule has 0 radical (unpaired) electrons. The van der Waals surface area contributed by atoms with Gasteiger partial charge in [-0.15, -0.1) is 0 Å². The largest absolute Gasteiger partial charge is 0.378 e. The van der Waals surface area contributed by atoms with E-state index in [0.717, 1.165) is 37.1 Å². The van der Waals surface area contributed by atoms with Crippen LogP contribution in [0.3, 0.4) is 0 Å². The third-order valence-corrected chi connectivity index (χ3v) is 3.44. The highest BCUT2D eigenvalue weighted by Crippen LogP contribution is 2.18. The van der Waals surface area contributed by atoms with E-state index in [1.54, 1.807) is 0 Å². The molecule has 0 aliphatic carbocycles. The van der Waals surface area contributed by atoms with E-state index in [9.17, 15) is 4.79 Å². The van der Waals surface area contributed by atoms with Crippen LogP contribution in [-0.2, 0) is 9.53 Å². The van der Waals surface area contributed by atoms with E-state index in [1.165, 1.54) is 0 Å². The number of benzene rings is 1. The third kappa shape index (κ3) is 4.33. The lowest BCUT2D eigenvalue weighted by Gasteiger charge is -2.10. The van der Waals surface area contributed by atoms with Crippen LogP contribution in [0.4, 0.5) is 5.69 Å². The molecule has 3 N–H and O–H groups in total. The standard InChI is InChI=1S/C15H22N2O2/c1-11(16)12-4-6-13(7-5-12)17-15(18)9-8-14-3-2-10-19-14/h4-7,11,14H,2-3,8-10,16H2,1H3,(H,17,18). The average molecular weight is 262 g/mol. The van der Waals surface area contributed by atoms with Gasteiger partial charge in [0.2, 0.25) is 5.91 Å². The average Bonchev–Trinajstić information content (AvgIpc) is 2.90. The van der Waals surface area contributed by atoms with Crippen LogP contribution >= 0.6 is 0 Å². The fraction of sp³-hybridized carbons (Fsp3) is 0.533. The number of rotatable bonds is 5. The molecule has 1 aliphatic heterocycles. The van der Waals surface area contributed by atoms with Crippen molar-refractivity contribution in [3.05, 3.63) is 29.8 Å². The Hall–Kier alpha value is -1.39. The molecular formula is C15H22N2O2. The first kappa shape index (κ1) is 14.0. The van der Waals surface area contributed by atoms with Gasteiger partial charge in [-0.05, 0) is 43.9 Å². The Labute approximate surface area is 114 Å². The molecule has 4 nitrogen and oxygen atoms in total. The molecule has 1 amide bonds. The number of nitrogens with one attached hydrogen (secondary N) is 1. The molecule has 2 unspecified atom stereocenters. The highest BCUT2D eigenvalue weighted by molar-refractivity contribution is 5.90. The maximum absolute atomic E-state index is 11.8. The van der Waals surface area contributed by atoms with Crippen LogP contribution < -0.4 is 11.1 Å². The smallest absolute Gasteiger partial charge is 0.224 e. The summed E-state index contributed by atoms with van der Waals surface area (Å²) >= 11 is 0. The van der Waals surface area contributed by atoms with Gasteiger partial charge in [-0.3, -0.25) is 4.79 Å². The molecule has 0 spiro atoms. The molecule has 104 valence electrons. The van der Waals surface area contributed by atoms with Crippen molar-refractivity contribution >= 4 is 11.6 Å². The molecule has 1 aromatic carbocycles. The number of amides is 1. The van der Waals surface area contributed by atoms with Gasteiger partial charge in [-0.25, -0.2) is 0 Å². The van der Waals surface area contributed by atoms with Gasteiger partial charge in [-0.2, -0.15) is 0 Å². The Morgan fingerprint density at radius 2 is 2.21 bits per heavy atom. The predicted molar refractivity (Wildman–Crippen MR) is 75.9 cm³/mol. The molecular weight excluding hydrogens is 240 g/mol. The Bertz CT molecular complexity index is 409. The van der Waals surface area contributed by atoms with Gasteiger partial charge in [-0.1, -0.05) is 12.1 Å². The van der Waals surface area contributed by atoms with E-state index in [4.69, 9.17) is 10.5 Å². The molecule has 19 heavy (non-hydrogen) atoms. The van der Waals surface area contributed by atoms with Crippen LogP contribution in [0.25, 0.3) is 0 Å². The number of nitrogens with two attached hydrogens (primary N) is 1. The molecule has 1 aromatic rings. The highest BCUT2D eigenvalue weighted by atomic mass is 16.5. The lowest BCUT2D eigenvalue weighted by atomic mass is 10.1. The summed E-state index contributed by atoms with van der Waals surface area (Å²) in [6.45, 7) is 2.78. The van der Waals surface area contributed by atoms with Gasteiger partial charge in [0.1, 0.15) is 0 Å². The van der Waals surface area contributed by atoms with Crippen molar-refractivity contribution in [2.45, 2.75) is 44.8 Å². The van der Waals surface area contributed by atoms with Crippen LogP contribution in [0.1, 0.15) is 44.2 Å². The van der Waals surface area contributed by atoms with Crippen molar-refractivity contribution < 1.29 is 9.53 Å². The topological polar surface area (TPSA) is 64.3 Å². The van der Waals surface area contributed by atoms with Gasteiger partial charge in [0.25, 0.3) is 0 Å². The summed E-state index contributed by atoms with van der Waals surface area (Å²) in [6, 6.07) is 7.69. The summed E-state index contributed by atoms with van der Waals surface area (Å²) in [5.74, 6) is 0.0454. The fourth-order valence-electron chi connectivity index (χ4n) is 2.26. The van der Waals surface area contributed by atoms with Crippen LogP contribution in [0.2, 0.25) is 0 Å². The summed E-state index contributed by atoms with van der Waals surface area (Å²) in [7, 11) is 0. The minimum atomic E-state index is 0.0178. The van der Waals surface area contributed by atoms with Gasteiger partial charge in [0.15, 0.2) is 0 Å². The van der Waals surface area contributed by atoms with Gasteiger partial charge in [0.05, 0.1) is 6.10 Å². The number of hydrogen-bond acceptors (Lipinski definition) is 3. The molecule has 0 bridgehead atoms. The first-order chi connectivity index (χ1) is 9.15. The lowest BCUT2D eigenvalue weighted by molar-refractivity contribution is -0.116. The Kier molecular flexibility index (Phi) is 4.93. The van der Waals surface area contributed by atoms with Crippen LogP contribution in [0.15, 0.2) is 24.3 Å². The van der Waals surface area contributed by atoms with E-state index in [2.05, 4.69) is 5.32 Å². The second-order valence-corrected chi connectivity index (χ2v) is 5.13. The summed E-state index contributed by atoms with van der Waals surface area (Å²) in [6.07, 6.45) is 3.79. The highest BCUT2D eigenvalue weighted by Gasteiger charge is 2.16. The summed E-state index contributed by atoms with van der Waals surface area (Å²) in [5, 5.41) is 2.90. The van der Waals surface area contributed by atoms with E-state index in [0.29, 0.717) is 6.42 Å².